The minimum Gasteiger partial charge on any atom is -0.341 e. The van der Waals surface area contributed by atoms with Crippen molar-refractivity contribution in [3.8, 4) is 0 Å². The Labute approximate surface area is 160 Å². The largest absolute Gasteiger partial charge is 0.341 e. The van der Waals surface area contributed by atoms with Crippen molar-refractivity contribution in [2.45, 2.75) is 51.6 Å². The monoisotopic (exact) mass is 362 g/mol. The number of benzene rings is 2. The van der Waals surface area contributed by atoms with E-state index in [1.165, 1.54) is 29.5 Å². The molecule has 4 nitrogen and oxygen atoms in total. The van der Waals surface area contributed by atoms with Crippen LogP contribution < -0.4 is 5.32 Å². The zero-order valence-corrected chi connectivity index (χ0v) is 15.8. The van der Waals surface area contributed by atoms with Crippen molar-refractivity contribution in [2.24, 2.45) is 0 Å². The van der Waals surface area contributed by atoms with Crippen molar-refractivity contribution in [1.82, 2.24) is 10.2 Å². The maximum atomic E-state index is 12.6. The number of hydrogen-bond acceptors (Lipinski definition) is 2. The molecule has 4 rings (SSSR count). The van der Waals surface area contributed by atoms with E-state index in [2.05, 4.69) is 29.6 Å². The molecule has 2 amide bonds. The van der Waals surface area contributed by atoms with Crippen LogP contribution in [0.15, 0.2) is 42.5 Å². The van der Waals surface area contributed by atoms with E-state index in [-0.39, 0.29) is 6.04 Å². The topological polar surface area (TPSA) is 49.4 Å². The van der Waals surface area contributed by atoms with Crippen LogP contribution in [0.3, 0.4) is 0 Å². The summed E-state index contributed by atoms with van der Waals surface area (Å²) in [6.07, 6.45) is 5.54. The molecule has 0 spiro atoms. The molecule has 0 fully saturated rings. The van der Waals surface area contributed by atoms with Crippen molar-refractivity contribution < 1.29 is 9.59 Å². The summed E-state index contributed by atoms with van der Waals surface area (Å²) in [5, 5.41) is 2.89. The number of carbonyl (C=O) groups excluding carboxylic acids is 2. The van der Waals surface area contributed by atoms with Crippen molar-refractivity contribution >= 4 is 11.8 Å². The Balaban J connectivity index is 1.40. The fraction of sp³-hybridized carbons (Fsp3) is 0.391. The van der Waals surface area contributed by atoms with Gasteiger partial charge in [-0.3, -0.25) is 9.59 Å². The molecular formula is C23H26N2O2. The molecule has 2 aliphatic rings. The Morgan fingerprint density at radius 2 is 1.63 bits per heavy atom. The maximum Gasteiger partial charge on any atom is 0.312 e. The lowest BCUT2D eigenvalue weighted by Crippen LogP contribution is -2.45. The molecule has 1 N–H and O–H groups in total. The highest BCUT2D eigenvalue weighted by Crippen LogP contribution is 2.25. The summed E-state index contributed by atoms with van der Waals surface area (Å²) >= 11 is 0. The fourth-order valence-electron chi connectivity index (χ4n) is 4.18. The Hall–Kier alpha value is -2.62. The van der Waals surface area contributed by atoms with Crippen molar-refractivity contribution in [3.63, 3.8) is 0 Å². The maximum absolute atomic E-state index is 12.6. The summed E-state index contributed by atoms with van der Waals surface area (Å²) in [6, 6.07) is 14.4. The van der Waals surface area contributed by atoms with Gasteiger partial charge in [0.1, 0.15) is 0 Å². The molecule has 1 aliphatic heterocycles. The van der Waals surface area contributed by atoms with Crippen LogP contribution in [0.25, 0.3) is 0 Å². The van der Waals surface area contributed by atoms with Gasteiger partial charge in [0, 0.05) is 13.1 Å². The molecule has 0 saturated carbocycles. The molecule has 2 aromatic rings. The molecule has 1 unspecified atom stereocenters. The normalized spacial score (nSPS) is 16.9. The lowest BCUT2D eigenvalue weighted by Gasteiger charge is -2.28. The third kappa shape index (κ3) is 3.75. The molecule has 2 aromatic carbocycles. The highest BCUT2D eigenvalue weighted by molar-refractivity contribution is 6.35. The molecule has 0 saturated heterocycles. The Bertz CT molecular complexity index is 874. The van der Waals surface area contributed by atoms with Gasteiger partial charge in [-0.15, -0.1) is 0 Å². The molecule has 0 radical (unpaired) electrons. The van der Waals surface area contributed by atoms with E-state index in [1.807, 2.05) is 25.1 Å². The smallest absolute Gasteiger partial charge is 0.312 e. The first-order chi connectivity index (χ1) is 13.1. The summed E-state index contributed by atoms with van der Waals surface area (Å²) < 4.78 is 0. The first-order valence-corrected chi connectivity index (χ1v) is 9.90. The molecule has 140 valence electrons. The van der Waals surface area contributed by atoms with Gasteiger partial charge in [0.05, 0.1) is 6.04 Å². The number of amides is 2. The number of carbonyl (C=O) groups is 2. The molecule has 27 heavy (non-hydrogen) atoms. The van der Waals surface area contributed by atoms with Crippen molar-refractivity contribution in [1.29, 1.82) is 0 Å². The third-order valence-corrected chi connectivity index (χ3v) is 5.83. The third-order valence-electron chi connectivity index (χ3n) is 5.83. The summed E-state index contributed by atoms with van der Waals surface area (Å²) in [5.74, 6) is -0.950. The summed E-state index contributed by atoms with van der Waals surface area (Å²) in [5.41, 5.74) is 6.28. The molecule has 1 aliphatic carbocycles. The predicted octanol–water partition coefficient (Wildman–Crippen LogP) is 3.33. The average Bonchev–Trinajstić information content (AvgIpc) is 2.72. The van der Waals surface area contributed by atoms with E-state index in [4.69, 9.17) is 0 Å². The van der Waals surface area contributed by atoms with Gasteiger partial charge in [-0.2, -0.15) is 0 Å². The van der Waals surface area contributed by atoms with Gasteiger partial charge in [-0.25, -0.2) is 0 Å². The second-order valence-corrected chi connectivity index (χ2v) is 7.68. The number of fused-ring (bicyclic) bond motifs is 2. The Kier molecular flexibility index (Phi) is 4.97. The second kappa shape index (κ2) is 7.55. The van der Waals surface area contributed by atoms with Gasteiger partial charge in [-0.1, -0.05) is 42.5 Å². The van der Waals surface area contributed by atoms with Crippen LogP contribution >= 0.6 is 0 Å². The van der Waals surface area contributed by atoms with E-state index in [0.717, 1.165) is 30.4 Å². The second-order valence-electron chi connectivity index (χ2n) is 7.68. The summed E-state index contributed by atoms with van der Waals surface area (Å²) in [4.78, 5) is 26.8. The van der Waals surface area contributed by atoms with E-state index in [0.29, 0.717) is 13.1 Å². The number of nitrogens with zero attached hydrogens (tertiary/aromatic N) is 1. The van der Waals surface area contributed by atoms with Crippen LogP contribution in [0, 0.1) is 0 Å². The average molecular weight is 362 g/mol. The van der Waals surface area contributed by atoms with E-state index >= 15 is 0 Å². The lowest BCUT2D eigenvalue weighted by atomic mass is 9.89. The minimum atomic E-state index is -0.514. The van der Waals surface area contributed by atoms with E-state index in [1.54, 1.807) is 4.90 Å². The first-order valence-electron chi connectivity index (χ1n) is 9.90. The van der Waals surface area contributed by atoms with Crippen LogP contribution in [-0.4, -0.2) is 23.3 Å². The quantitative estimate of drug-likeness (QED) is 0.833. The van der Waals surface area contributed by atoms with E-state index in [9.17, 15) is 9.59 Å². The molecule has 0 aromatic heterocycles. The number of rotatable bonds is 2. The Morgan fingerprint density at radius 1 is 0.926 bits per heavy atom. The molecule has 4 heteroatoms. The van der Waals surface area contributed by atoms with Crippen LogP contribution in [-0.2, 0) is 35.4 Å². The van der Waals surface area contributed by atoms with E-state index < -0.39 is 11.8 Å². The number of aryl methyl sites for hydroxylation is 2. The number of nitrogens with one attached hydrogen (secondary N) is 1. The lowest BCUT2D eigenvalue weighted by molar-refractivity contribution is -0.146. The summed E-state index contributed by atoms with van der Waals surface area (Å²) in [6.45, 7) is 3.05. The predicted molar refractivity (Wildman–Crippen MR) is 105 cm³/mol. The zero-order chi connectivity index (χ0) is 18.8. The van der Waals surface area contributed by atoms with Crippen LogP contribution in [0.5, 0.6) is 0 Å². The SMILES string of the molecule is CC(NC(=O)C(=O)N1CCc2ccccc2C1)c1ccc2c(c1)CCCC2. The van der Waals surface area contributed by atoms with Crippen LogP contribution in [0.4, 0.5) is 0 Å². The standard InChI is InChI=1S/C23H26N2O2/c1-16(19-11-10-17-6-2-4-8-20(17)14-19)24-22(26)23(27)25-13-12-18-7-3-5-9-21(18)15-25/h3,5,7,9-11,14,16H,2,4,6,8,12-13,15H2,1H3,(H,24,26). The number of hydrogen-bond donors (Lipinski definition) is 1. The zero-order valence-electron chi connectivity index (χ0n) is 15.8. The highest BCUT2D eigenvalue weighted by Gasteiger charge is 2.26. The van der Waals surface area contributed by atoms with Gasteiger partial charge in [0.2, 0.25) is 0 Å². The van der Waals surface area contributed by atoms with Crippen molar-refractivity contribution in [2.75, 3.05) is 6.54 Å². The Morgan fingerprint density at radius 3 is 2.44 bits per heavy atom. The van der Waals surface area contributed by atoms with Gasteiger partial charge in [0.15, 0.2) is 0 Å². The molecular weight excluding hydrogens is 336 g/mol. The van der Waals surface area contributed by atoms with Crippen LogP contribution in [0.1, 0.15) is 53.6 Å². The summed E-state index contributed by atoms with van der Waals surface area (Å²) in [7, 11) is 0. The van der Waals surface area contributed by atoms with Crippen molar-refractivity contribution in [3.05, 3.63) is 70.3 Å². The van der Waals surface area contributed by atoms with Gasteiger partial charge in [-0.05, 0) is 66.8 Å². The first kappa shape index (κ1) is 17.8. The highest BCUT2D eigenvalue weighted by atomic mass is 16.2. The van der Waals surface area contributed by atoms with Gasteiger partial charge < -0.3 is 10.2 Å². The molecule has 0 bridgehead atoms. The van der Waals surface area contributed by atoms with Gasteiger partial charge >= 0.3 is 11.8 Å². The molecule has 1 heterocycles. The minimum absolute atomic E-state index is 0.175. The van der Waals surface area contributed by atoms with Gasteiger partial charge in [0.25, 0.3) is 0 Å². The van der Waals surface area contributed by atoms with Crippen LogP contribution in [0.2, 0.25) is 0 Å². The molecule has 1 atom stereocenters. The fourth-order valence-corrected chi connectivity index (χ4v) is 4.18.